The molecule has 3 fully saturated rings. The monoisotopic (exact) mass is 319 g/mol. The van der Waals surface area contributed by atoms with E-state index in [1.165, 1.54) is 24.8 Å². The summed E-state index contributed by atoms with van der Waals surface area (Å²) < 4.78 is 0.972. The first-order valence-electron chi connectivity index (χ1n) is 7.22. The molecule has 3 saturated carbocycles. The zero-order chi connectivity index (χ0) is 13.1. The molecular weight excluding hydrogens is 302 g/mol. The van der Waals surface area contributed by atoms with Gasteiger partial charge in [0.15, 0.2) is 0 Å². The average molecular weight is 320 g/mol. The summed E-state index contributed by atoms with van der Waals surface area (Å²) in [7, 11) is 0. The van der Waals surface area contributed by atoms with Crippen molar-refractivity contribution in [2.45, 2.75) is 26.2 Å². The predicted molar refractivity (Wildman–Crippen MR) is 78.8 cm³/mol. The van der Waals surface area contributed by atoms with Crippen LogP contribution in [-0.2, 0) is 4.79 Å². The Hall–Kier alpha value is -0.830. The standard InChI is InChI=1S/C16H18BrNO/c1-8-2-5-11(17)12(6-8)18-16(19)15-13-9-3-4-10(7-9)14(13)15/h2,5-6,9-10,13-15H,3-4,7H2,1H3,(H,18,19). The van der Waals surface area contributed by atoms with Crippen molar-refractivity contribution < 1.29 is 4.79 Å². The summed E-state index contributed by atoms with van der Waals surface area (Å²) in [4.78, 5) is 12.4. The third kappa shape index (κ3) is 1.78. The van der Waals surface area contributed by atoms with Crippen LogP contribution < -0.4 is 5.32 Å². The molecule has 1 aromatic carbocycles. The van der Waals surface area contributed by atoms with E-state index in [9.17, 15) is 4.79 Å². The number of carbonyl (C=O) groups is 1. The van der Waals surface area contributed by atoms with E-state index in [0.29, 0.717) is 17.8 Å². The molecule has 1 amide bonds. The molecule has 0 heterocycles. The summed E-state index contributed by atoms with van der Waals surface area (Å²) in [5.74, 6) is 3.68. The maximum atomic E-state index is 12.4. The van der Waals surface area contributed by atoms with E-state index in [1.54, 1.807) is 0 Å². The molecule has 4 unspecified atom stereocenters. The molecule has 2 bridgehead atoms. The molecule has 0 saturated heterocycles. The fraction of sp³-hybridized carbons (Fsp3) is 0.562. The van der Waals surface area contributed by atoms with Crippen molar-refractivity contribution in [3.63, 3.8) is 0 Å². The van der Waals surface area contributed by atoms with Crippen LogP contribution in [0, 0.1) is 36.5 Å². The minimum absolute atomic E-state index is 0.248. The second-order valence-electron chi connectivity index (χ2n) is 6.49. The van der Waals surface area contributed by atoms with Crippen LogP contribution in [-0.4, -0.2) is 5.91 Å². The van der Waals surface area contributed by atoms with Gasteiger partial charge in [0.25, 0.3) is 0 Å². The molecule has 2 nitrogen and oxygen atoms in total. The number of aryl methyl sites for hydroxylation is 1. The van der Waals surface area contributed by atoms with Crippen LogP contribution in [0.1, 0.15) is 24.8 Å². The highest BCUT2D eigenvalue weighted by Crippen LogP contribution is 2.69. The number of carbonyl (C=O) groups excluding carboxylic acids is 1. The molecule has 3 aliphatic rings. The van der Waals surface area contributed by atoms with Gasteiger partial charge in [0, 0.05) is 10.4 Å². The molecule has 100 valence electrons. The van der Waals surface area contributed by atoms with E-state index in [1.807, 2.05) is 25.1 Å². The zero-order valence-electron chi connectivity index (χ0n) is 11.0. The lowest BCUT2D eigenvalue weighted by Crippen LogP contribution is -2.18. The Morgan fingerprint density at radius 3 is 2.63 bits per heavy atom. The molecule has 0 spiro atoms. The predicted octanol–water partition coefficient (Wildman–Crippen LogP) is 3.99. The van der Waals surface area contributed by atoms with E-state index in [0.717, 1.165) is 22.0 Å². The number of amides is 1. The van der Waals surface area contributed by atoms with Gasteiger partial charge in [0.05, 0.1) is 5.69 Å². The summed E-state index contributed by atoms with van der Waals surface area (Å²) >= 11 is 3.51. The van der Waals surface area contributed by atoms with Gasteiger partial charge >= 0.3 is 0 Å². The van der Waals surface area contributed by atoms with Crippen molar-refractivity contribution in [1.29, 1.82) is 0 Å². The van der Waals surface area contributed by atoms with Crippen molar-refractivity contribution in [2.24, 2.45) is 29.6 Å². The molecule has 4 rings (SSSR count). The minimum Gasteiger partial charge on any atom is -0.325 e. The molecule has 19 heavy (non-hydrogen) atoms. The summed E-state index contributed by atoms with van der Waals surface area (Å²) in [6, 6.07) is 6.09. The first kappa shape index (κ1) is 12.0. The Balaban J connectivity index is 1.50. The normalized spacial score (nSPS) is 38.1. The van der Waals surface area contributed by atoms with E-state index in [2.05, 4.69) is 21.2 Å². The molecule has 0 radical (unpaired) electrons. The lowest BCUT2D eigenvalue weighted by molar-refractivity contribution is -0.118. The Kier molecular flexibility index (Phi) is 2.57. The molecular formula is C16H18BrNO. The largest absolute Gasteiger partial charge is 0.325 e. The summed E-state index contributed by atoms with van der Waals surface area (Å²) in [5, 5.41) is 3.12. The number of hydrogen-bond acceptors (Lipinski definition) is 1. The number of anilines is 1. The maximum absolute atomic E-state index is 12.4. The van der Waals surface area contributed by atoms with Crippen molar-refractivity contribution >= 4 is 27.5 Å². The van der Waals surface area contributed by atoms with Crippen molar-refractivity contribution in [3.8, 4) is 0 Å². The number of fused-ring (bicyclic) bond motifs is 5. The fourth-order valence-electron chi connectivity index (χ4n) is 4.63. The average Bonchev–Trinajstić information content (AvgIpc) is 2.83. The van der Waals surface area contributed by atoms with Gasteiger partial charge in [-0.25, -0.2) is 0 Å². The van der Waals surface area contributed by atoms with Crippen molar-refractivity contribution in [3.05, 3.63) is 28.2 Å². The van der Waals surface area contributed by atoms with Crippen molar-refractivity contribution in [2.75, 3.05) is 5.32 Å². The minimum atomic E-state index is 0.248. The van der Waals surface area contributed by atoms with E-state index in [4.69, 9.17) is 0 Å². The Labute approximate surface area is 122 Å². The van der Waals surface area contributed by atoms with Crippen LogP contribution in [0.15, 0.2) is 22.7 Å². The summed E-state index contributed by atoms with van der Waals surface area (Å²) in [5.41, 5.74) is 2.09. The second-order valence-corrected chi connectivity index (χ2v) is 7.34. The highest BCUT2D eigenvalue weighted by molar-refractivity contribution is 9.10. The Morgan fingerprint density at radius 1 is 1.26 bits per heavy atom. The van der Waals surface area contributed by atoms with E-state index in [-0.39, 0.29) is 5.91 Å². The quantitative estimate of drug-likeness (QED) is 0.877. The van der Waals surface area contributed by atoms with Gasteiger partial charge in [-0.2, -0.15) is 0 Å². The topological polar surface area (TPSA) is 29.1 Å². The van der Waals surface area contributed by atoms with Gasteiger partial charge in [0.2, 0.25) is 5.91 Å². The number of benzene rings is 1. The smallest absolute Gasteiger partial charge is 0.228 e. The molecule has 3 heteroatoms. The number of halogens is 1. The Morgan fingerprint density at radius 2 is 1.95 bits per heavy atom. The molecule has 0 aromatic heterocycles. The third-order valence-corrected chi connectivity index (χ3v) is 6.11. The number of nitrogens with one attached hydrogen (secondary N) is 1. The van der Waals surface area contributed by atoms with Gasteiger partial charge in [0.1, 0.15) is 0 Å². The molecule has 0 aliphatic heterocycles. The highest BCUT2D eigenvalue weighted by Gasteiger charge is 2.67. The van der Waals surface area contributed by atoms with E-state index >= 15 is 0 Å². The van der Waals surface area contributed by atoms with E-state index < -0.39 is 0 Å². The molecule has 4 atom stereocenters. The van der Waals surface area contributed by atoms with Gasteiger partial charge < -0.3 is 5.32 Å². The third-order valence-electron chi connectivity index (χ3n) is 5.42. The van der Waals surface area contributed by atoms with Crippen LogP contribution >= 0.6 is 15.9 Å². The van der Waals surface area contributed by atoms with Crippen molar-refractivity contribution in [1.82, 2.24) is 0 Å². The molecule has 1 aromatic rings. The highest BCUT2D eigenvalue weighted by atomic mass is 79.9. The SMILES string of the molecule is Cc1ccc(Br)c(NC(=O)C2C3C4CCC(C4)C23)c1. The van der Waals surface area contributed by atoms with Gasteiger partial charge in [-0.05, 0) is 83.5 Å². The molecule has 3 aliphatic carbocycles. The fourth-order valence-corrected chi connectivity index (χ4v) is 4.97. The lowest BCUT2D eigenvalue weighted by Gasteiger charge is -2.11. The van der Waals surface area contributed by atoms with Crippen LogP contribution in [0.4, 0.5) is 5.69 Å². The first-order valence-corrected chi connectivity index (χ1v) is 8.01. The van der Waals surface area contributed by atoms with Crippen LogP contribution in [0.25, 0.3) is 0 Å². The summed E-state index contributed by atoms with van der Waals surface area (Å²) in [6.07, 6.45) is 4.13. The maximum Gasteiger partial charge on any atom is 0.228 e. The lowest BCUT2D eigenvalue weighted by atomic mass is 10.0. The van der Waals surface area contributed by atoms with Gasteiger partial charge in [-0.15, -0.1) is 0 Å². The first-order chi connectivity index (χ1) is 9.15. The van der Waals surface area contributed by atoms with Crippen LogP contribution in [0.5, 0.6) is 0 Å². The second kappa shape index (κ2) is 4.08. The Bertz CT molecular complexity index is 540. The molecule has 1 N–H and O–H groups in total. The zero-order valence-corrected chi connectivity index (χ0v) is 12.6. The van der Waals surface area contributed by atoms with Crippen LogP contribution in [0.2, 0.25) is 0 Å². The van der Waals surface area contributed by atoms with Crippen LogP contribution in [0.3, 0.4) is 0 Å². The van der Waals surface area contributed by atoms with Gasteiger partial charge in [-0.3, -0.25) is 4.79 Å². The summed E-state index contributed by atoms with van der Waals surface area (Å²) in [6.45, 7) is 2.05. The number of rotatable bonds is 2. The van der Waals surface area contributed by atoms with Gasteiger partial charge in [-0.1, -0.05) is 6.07 Å². The number of hydrogen-bond donors (Lipinski definition) is 1.